The van der Waals surface area contributed by atoms with Gasteiger partial charge in [0.25, 0.3) is 0 Å². The van der Waals surface area contributed by atoms with Gasteiger partial charge in [-0.25, -0.2) is 4.39 Å². The van der Waals surface area contributed by atoms with Crippen molar-refractivity contribution in [3.8, 4) is 0 Å². The van der Waals surface area contributed by atoms with Crippen molar-refractivity contribution in [3.05, 3.63) is 71.0 Å². The number of hydrogen-bond acceptors (Lipinski definition) is 1. The van der Waals surface area contributed by atoms with Gasteiger partial charge in [-0.15, -0.1) is 0 Å². The van der Waals surface area contributed by atoms with E-state index in [2.05, 4.69) is 5.32 Å². The van der Waals surface area contributed by atoms with Gasteiger partial charge in [-0.3, -0.25) is 4.79 Å². The van der Waals surface area contributed by atoms with E-state index in [1.165, 1.54) is 17.7 Å². The first-order valence-corrected chi connectivity index (χ1v) is 7.15. The van der Waals surface area contributed by atoms with Crippen LogP contribution in [0.1, 0.15) is 36.1 Å². The molecule has 1 N–H and O–H groups in total. The van der Waals surface area contributed by atoms with Crippen LogP contribution in [0, 0.1) is 12.7 Å². The van der Waals surface area contributed by atoms with Gasteiger partial charge in [0.2, 0.25) is 5.91 Å². The molecular formula is C18H20FNO. The quantitative estimate of drug-likeness (QED) is 0.885. The van der Waals surface area contributed by atoms with Crippen molar-refractivity contribution < 1.29 is 9.18 Å². The standard InChI is InChI=1S/C18H20FNO/c1-13-5-3-4-6-17(13)14(2)20-18(21)12-9-15-7-10-16(19)11-8-15/h3-8,10-11,14H,9,12H2,1-2H3,(H,20,21). The van der Waals surface area contributed by atoms with Crippen LogP contribution in [0.2, 0.25) is 0 Å². The van der Waals surface area contributed by atoms with Crippen molar-refractivity contribution in [2.24, 2.45) is 0 Å². The fourth-order valence-corrected chi connectivity index (χ4v) is 2.37. The van der Waals surface area contributed by atoms with Gasteiger partial charge in [0, 0.05) is 6.42 Å². The Morgan fingerprint density at radius 3 is 2.48 bits per heavy atom. The van der Waals surface area contributed by atoms with E-state index in [1.807, 2.05) is 38.1 Å². The molecule has 0 saturated carbocycles. The third-order valence-corrected chi connectivity index (χ3v) is 3.59. The summed E-state index contributed by atoms with van der Waals surface area (Å²) in [6, 6.07) is 14.3. The molecule has 2 aromatic carbocycles. The maximum absolute atomic E-state index is 12.8. The number of carbonyl (C=O) groups is 1. The Labute approximate surface area is 125 Å². The van der Waals surface area contributed by atoms with Crippen molar-refractivity contribution in [3.63, 3.8) is 0 Å². The first-order chi connectivity index (χ1) is 10.1. The van der Waals surface area contributed by atoms with E-state index in [-0.39, 0.29) is 17.8 Å². The molecule has 2 aromatic rings. The van der Waals surface area contributed by atoms with Crippen molar-refractivity contribution in [1.29, 1.82) is 0 Å². The first-order valence-electron chi connectivity index (χ1n) is 7.15. The SMILES string of the molecule is Cc1ccccc1C(C)NC(=O)CCc1ccc(F)cc1. The Hall–Kier alpha value is -2.16. The van der Waals surface area contributed by atoms with Gasteiger partial charge in [-0.1, -0.05) is 36.4 Å². The Morgan fingerprint density at radius 1 is 1.14 bits per heavy atom. The topological polar surface area (TPSA) is 29.1 Å². The van der Waals surface area contributed by atoms with Crippen LogP contribution in [0.15, 0.2) is 48.5 Å². The lowest BCUT2D eigenvalue weighted by Crippen LogP contribution is -2.27. The second-order valence-corrected chi connectivity index (χ2v) is 5.27. The number of nitrogens with one attached hydrogen (secondary N) is 1. The maximum Gasteiger partial charge on any atom is 0.220 e. The van der Waals surface area contributed by atoms with Crippen LogP contribution in [-0.2, 0) is 11.2 Å². The van der Waals surface area contributed by atoms with Gasteiger partial charge in [0.1, 0.15) is 5.82 Å². The molecule has 0 spiro atoms. The zero-order valence-corrected chi connectivity index (χ0v) is 12.4. The van der Waals surface area contributed by atoms with Gasteiger partial charge in [0.15, 0.2) is 0 Å². The van der Waals surface area contributed by atoms with E-state index in [0.29, 0.717) is 12.8 Å². The molecule has 0 fully saturated rings. The Kier molecular flexibility index (Phi) is 5.09. The Morgan fingerprint density at radius 2 is 1.81 bits per heavy atom. The summed E-state index contributed by atoms with van der Waals surface area (Å²) >= 11 is 0. The molecule has 3 heteroatoms. The van der Waals surface area contributed by atoms with E-state index < -0.39 is 0 Å². The predicted molar refractivity (Wildman–Crippen MR) is 82.5 cm³/mol. The number of rotatable bonds is 5. The monoisotopic (exact) mass is 285 g/mol. The molecule has 110 valence electrons. The number of carbonyl (C=O) groups excluding carboxylic acids is 1. The summed E-state index contributed by atoms with van der Waals surface area (Å²) in [5, 5.41) is 3.01. The molecule has 2 rings (SSSR count). The van der Waals surface area contributed by atoms with Gasteiger partial charge >= 0.3 is 0 Å². The zero-order chi connectivity index (χ0) is 15.2. The minimum absolute atomic E-state index is 0.00748. The van der Waals surface area contributed by atoms with Crippen molar-refractivity contribution in [2.45, 2.75) is 32.7 Å². The highest BCUT2D eigenvalue weighted by molar-refractivity contribution is 5.76. The van der Waals surface area contributed by atoms with Crippen LogP contribution in [0.4, 0.5) is 4.39 Å². The third kappa shape index (κ3) is 4.42. The van der Waals surface area contributed by atoms with Crippen LogP contribution in [0.3, 0.4) is 0 Å². The molecule has 0 aliphatic rings. The lowest BCUT2D eigenvalue weighted by atomic mass is 10.0. The Balaban J connectivity index is 1.87. The van der Waals surface area contributed by atoms with Crippen LogP contribution in [0.5, 0.6) is 0 Å². The Bertz CT molecular complexity index is 607. The molecule has 1 atom stereocenters. The summed E-state index contributed by atoms with van der Waals surface area (Å²) in [6.45, 7) is 4.02. The lowest BCUT2D eigenvalue weighted by Gasteiger charge is -2.16. The highest BCUT2D eigenvalue weighted by Gasteiger charge is 2.11. The number of benzene rings is 2. The molecule has 2 nitrogen and oxygen atoms in total. The molecule has 0 aliphatic carbocycles. The van der Waals surface area contributed by atoms with Gasteiger partial charge < -0.3 is 5.32 Å². The minimum atomic E-state index is -0.253. The number of halogens is 1. The molecule has 0 saturated heterocycles. The van der Waals surface area contributed by atoms with Gasteiger partial charge in [0.05, 0.1) is 6.04 Å². The molecule has 0 bridgehead atoms. The summed E-state index contributed by atoms with van der Waals surface area (Å²) in [7, 11) is 0. The highest BCUT2D eigenvalue weighted by atomic mass is 19.1. The second-order valence-electron chi connectivity index (χ2n) is 5.27. The summed E-state index contributed by atoms with van der Waals surface area (Å²) < 4.78 is 12.8. The summed E-state index contributed by atoms with van der Waals surface area (Å²) in [4.78, 5) is 12.0. The lowest BCUT2D eigenvalue weighted by molar-refractivity contribution is -0.121. The average Bonchev–Trinajstić information content (AvgIpc) is 2.47. The number of aryl methyl sites for hydroxylation is 2. The maximum atomic E-state index is 12.8. The number of hydrogen-bond donors (Lipinski definition) is 1. The smallest absolute Gasteiger partial charge is 0.220 e. The molecule has 0 radical (unpaired) electrons. The first kappa shape index (κ1) is 15.2. The molecule has 1 amide bonds. The normalized spacial score (nSPS) is 12.0. The average molecular weight is 285 g/mol. The van der Waals surface area contributed by atoms with E-state index in [0.717, 1.165) is 11.1 Å². The second kappa shape index (κ2) is 7.02. The summed E-state index contributed by atoms with van der Waals surface area (Å²) in [5.41, 5.74) is 3.27. The molecule has 0 heterocycles. The van der Waals surface area contributed by atoms with Crippen molar-refractivity contribution >= 4 is 5.91 Å². The van der Waals surface area contributed by atoms with Crippen molar-refractivity contribution in [2.75, 3.05) is 0 Å². The van der Waals surface area contributed by atoms with E-state index >= 15 is 0 Å². The fraction of sp³-hybridized carbons (Fsp3) is 0.278. The van der Waals surface area contributed by atoms with E-state index in [1.54, 1.807) is 12.1 Å². The van der Waals surface area contributed by atoms with E-state index in [9.17, 15) is 9.18 Å². The van der Waals surface area contributed by atoms with Crippen LogP contribution >= 0.6 is 0 Å². The third-order valence-electron chi connectivity index (χ3n) is 3.59. The van der Waals surface area contributed by atoms with Crippen LogP contribution in [-0.4, -0.2) is 5.91 Å². The molecule has 1 unspecified atom stereocenters. The largest absolute Gasteiger partial charge is 0.350 e. The molecule has 0 aliphatic heterocycles. The summed E-state index contributed by atoms with van der Waals surface area (Å²) in [5.74, 6) is -0.244. The minimum Gasteiger partial charge on any atom is -0.350 e. The molecule has 0 aromatic heterocycles. The number of amides is 1. The van der Waals surface area contributed by atoms with Gasteiger partial charge in [-0.2, -0.15) is 0 Å². The van der Waals surface area contributed by atoms with Gasteiger partial charge in [-0.05, 0) is 49.1 Å². The van der Waals surface area contributed by atoms with Crippen molar-refractivity contribution in [1.82, 2.24) is 5.32 Å². The fourth-order valence-electron chi connectivity index (χ4n) is 2.37. The van der Waals surface area contributed by atoms with Crippen LogP contribution in [0.25, 0.3) is 0 Å². The molecule has 21 heavy (non-hydrogen) atoms. The van der Waals surface area contributed by atoms with E-state index in [4.69, 9.17) is 0 Å². The predicted octanol–water partition coefficient (Wildman–Crippen LogP) is 3.94. The summed E-state index contributed by atoms with van der Waals surface area (Å²) in [6.07, 6.45) is 1.02. The molecular weight excluding hydrogens is 265 g/mol. The zero-order valence-electron chi connectivity index (χ0n) is 12.4. The van der Waals surface area contributed by atoms with Crippen LogP contribution < -0.4 is 5.32 Å². The highest BCUT2D eigenvalue weighted by Crippen LogP contribution is 2.16.